The van der Waals surface area contributed by atoms with Crippen LogP contribution in [0.2, 0.25) is 5.02 Å². The van der Waals surface area contributed by atoms with Crippen molar-refractivity contribution >= 4 is 35.8 Å². The van der Waals surface area contributed by atoms with E-state index in [0.29, 0.717) is 30.7 Å². The monoisotopic (exact) mass is 529 g/mol. The molecule has 2 unspecified atom stereocenters. The standard InChI is InChI=1S/C29H36ClN3O2.ClH/c1-2-27(34)33-20-24(26(21-33)23-6-4-3-5-7-23)19-31-15-12-29(13-16-31)14-17-32(28(29)35)18-22-8-10-25(30)11-9-22;/h3-11,24,26H,2,12-21H2,1H3;1H. The van der Waals surface area contributed by atoms with E-state index >= 15 is 0 Å². The number of benzene rings is 2. The molecule has 194 valence electrons. The number of halogens is 2. The molecule has 2 aromatic carbocycles. The van der Waals surface area contributed by atoms with Crippen molar-refractivity contribution in [2.24, 2.45) is 11.3 Å². The summed E-state index contributed by atoms with van der Waals surface area (Å²) in [5.41, 5.74) is 2.28. The van der Waals surface area contributed by atoms with E-state index in [2.05, 4.69) is 40.1 Å². The van der Waals surface area contributed by atoms with Gasteiger partial charge in [-0.05, 0) is 61.5 Å². The van der Waals surface area contributed by atoms with Crippen molar-refractivity contribution in [3.05, 3.63) is 70.7 Å². The van der Waals surface area contributed by atoms with Crippen LogP contribution in [0.25, 0.3) is 0 Å². The molecule has 2 atom stereocenters. The number of likely N-dealkylation sites (tertiary alicyclic amines) is 3. The molecule has 3 aliphatic heterocycles. The summed E-state index contributed by atoms with van der Waals surface area (Å²) >= 11 is 6.02. The molecule has 3 saturated heterocycles. The van der Waals surface area contributed by atoms with Crippen LogP contribution in [0.1, 0.15) is 49.7 Å². The second-order valence-electron chi connectivity index (χ2n) is 10.6. The van der Waals surface area contributed by atoms with Crippen LogP contribution in [0.15, 0.2) is 54.6 Å². The lowest BCUT2D eigenvalue weighted by atomic mass is 9.76. The lowest BCUT2D eigenvalue weighted by Crippen LogP contribution is -2.46. The number of amides is 2. The zero-order chi connectivity index (χ0) is 24.4. The fourth-order valence-electron chi connectivity index (χ4n) is 6.37. The second kappa shape index (κ2) is 11.5. The lowest BCUT2D eigenvalue weighted by Gasteiger charge is -2.39. The average Bonchev–Trinajstić information content (AvgIpc) is 3.44. The summed E-state index contributed by atoms with van der Waals surface area (Å²) in [6.45, 7) is 8.02. The van der Waals surface area contributed by atoms with Crippen LogP contribution < -0.4 is 0 Å². The van der Waals surface area contributed by atoms with Crippen molar-refractivity contribution in [3.63, 3.8) is 0 Å². The Balaban J connectivity index is 0.00000304. The molecule has 0 bridgehead atoms. The SMILES string of the molecule is CCC(=O)N1CC(CN2CCC3(CC2)CCN(Cc2ccc(Cl)cc2)C3=O)C(c2ccccc2)C1.Cl. The molecule has 0 radical (unpaired) electrons. The number of piperidine rings is 1. The van der Waals surface area contributed by atoms with Crippen molar-refractivity contribution in [2.75, 3.05) is 39.3 Å². The Labute approximate surface area is 226 Å². The maximum Gasteiger partial charge on any atom is 0.229 e. The molecule has 5 rings (SSSR count). The molecule has 3 heterocycles. The normalized spacial score (nSPS) is 23.8. The Bertz CT molecular complexity index is 1040. The summed E-state index contributed by atoms with van der Waals surface area (Å²) in [5, 5.41) is 0.726. The maximum absolute atomic E-state index is 13.4. The molecule has 7 heteroatoms. The predicted octanol–water partition coefficient (Wildman–Crippen LogP) is 5.23. The minimum absolute atomic E-state index is 0. The summed E-state index contributed by atoms with van der Waals surface area (Å²) in [7, 11) is 0. The number of rotatable bonds is 6. The maximum atomic E-state index is 13.4. The zero-order valence-corrected chi connectivity index (χ0v) is 22.6. The average molecular weight is 531 g/mol. The Morgan fingerprint density at radius 2 is 1.64 bits per heavy atom. The molecule has 3 aliphatic rings. The van der Waals surface area contributed by atoms with Crippen molar-refractivity contribution in [1.29, 1.82) is 0 Å². The number of carbonyl (C=O) groups excluding carboxylic acids is 2. The van der Waals surface area contributed by atoms with E-state index in [0.717, 1.165) is 69.1 Å². The Hall–Kier alpha value is -2.08. The van der Waals surface area contributed by atoms with Crippen LogP contribution in [0, 0.1) is 11.3 Å². The van der Waals surface area contributed by atoms with Crippen molar-refractivity contribution in [3.8, 4) is 0 Å². The van der Waals surface area contributed by atoms with Gasteiger partial charge in [0, 0.05) is 50.1 Å². The van der Waals surface area contributed by atoms with E-state index in [4.69, 9.17) is 11.6 Å². The molecule has 0 saturated carbocycles. The Morgan fingerprint density at radius 3 is 2.31 bits per heavy atom. The molecule has 1 spiro atoms. The van der Waals surface area contributed by atoms with E-state index in [9.17, 15) is 9.59 Å². The third kappa shape index (κ3) is 5.58. The molecular weight excluding hydrogens is 493 g/mol. The van der Waals surface area contributed by atoms with Gasteiger partial charge in [0.05, 0.1) is 5.41 Å². The second-order valence-corrected chi connectivity index (χ2v) is 11.1. The summed E-state index contributed by atoms with van der Waals surface area (Å²) in [5.74, 6) is 1.39. The van der Waals surface area contributed by atoms with Crippen molar-refractivity contribution < 1.29 is 9.59 Å². The molecule has 2 aromatic rings. The van der Waals surface area contributed by atoms with E-state index in [1.807, 2.05) is 36.1 Å². The van der Waals surface area contributed by atoms with Crippen molar-refractivity contribution in [2.45, 2.75) is 45.1 Å². The summed E-state index contributed by atoms with van der Waals surface area (Å²) in [4.78, 5) is 32.5. The van der Waals surface area contributed by atoms with Gasteiger partial charge in [-0.25, -0.2) is 0 Å². The Kier molecular flexibility index (Phi) is 8.64. The minimum atomic E-state index is -0.193. The number of hydrogen-bond acceptors (Lipinski definition) is 3. The molecule has 5 nitrogen and oxygen atoms in total. The molecule has 2 amide bonds. The molecule has 36 heavy (non-hydrogen) atoms. The molecule has 3 fully saturated rings. The highest BCUT2D eigenvalue weighted by Crippen LogP contribution is 2.43. The summed E-state index contributed by atoms with van der Waals surface area (Å²) in [6.07, 6.45) is 3.39. The van der Waals surface area contributed by atoms with Gasteiger partial charge in [0.2, 0.25) is 11.8 Å². The van der Waals surface area contributed by atoms with Gasteiger partial charge < -0.3 is 14.7 Å². The van der Waals surface area contributed by atoms with Gasteiger partial charge in [0.25, 0.3) is 0 Å². The Morgan fingerprint density at radius 1 is 0.972 bits per heavy atom. The van der Waals surface area contributed by atoms with Gasteiger partial charge in [0.15, 0.2) is 0 Å². The van der Waals surface area contributed by atoms with Gasteiger partial charge in [-0.2, -0.15) is 0 Å². The van der Waals surface area contributed by atoms with Gasteiger partial charge in [-0.1, -0.05) is 61.0 Å². The predicted molar refractivity (Wildman–Crippen MR) is 146 cm³/mol. The first kappa shape index (κ1) is 27.0. The van der Waals surface area contributed by atoms with E-state index in [1.165, 1.54) is 5.56 Å². The van der Waals surface area contributed by atoms with Crippen LogP contribution in [-0.2, 0) is 16.1 Å². The van der Waals surface area contributed by atoms with Crippen molar-refractivity contribution in [1.82, 2.24) is 14.7 Å². The van der Waals surface area contributed by atoms with Gasteiger partial charge in [-0.15, -0.1) is 12.4 Å². The minimum Gasteiger partial charge on any atom is -0.342 e. The quantitative estimate of drug-likeness (QED) is 0.514. The third-order valence-electron chi connectivity index (χ3n) is 8.52. The molecule has 0 N–H and O–H groups in total. The number of carbonyl (C=O) groups is 2. The van der Waals surface area contributed by atoms with E-state index in [1.54, 1.807) is 0 Å². The highest BCUT2D eigenvalue weighted by Gasteiger charge is 2.48. The smallest absolute Gasteiger partial charge is 0.229 e. The summed E-state index contributed by atoms with van der Waals surface area (Å²) in [6, 6.07) is 18.5. The number of hydrogen-bond donors (Lipinski definition) is 0. The number of nitrogens with zero attached hydrogens (tertiary/aromatic N) is 3. The fourth-order valence-corrected chi connectivity index (χ4v) is 6.50. The topological polar surface area (TPSA) is 43.9 Å². The zero-order valence-electron chi connectivity index (χ0n) is 21.1. The first-order valence-electron chi connectivity index (χ1n) is 13.1. The van der Waals surface area contributed by atoms with Crippen LogP contribution >= 0.6 is 24.0 Å². The third-order valence-corrected chi connectivity index (χ3v) is 8.77. The molecule has 0 aromatic heterocycles. The largest absolute Gasteiger partial charge is 0.342 e. The van der Waals surface area contributed by atoms with Crippen LogP contribution in [0.4, 0.5) is 0 Å². The molecule has 0 aliphatic carbocycles. The summed E-state index contributed by atoms with van der Waals surface area (Å²) < 4.78 is 0. The van der Waals surface area contributed by atoms with Crippen LogP contribution in [0.3, 0.4) is 0 Å². The van der Waals surface area contributed by atoms with Gasteiger partial charge in [0.1, 0.15) is 0 Å². The van der Waals surface area contributed by atoms with Gasteiger partial charge >= 0.3 is 0 Å². The van der Waals surface area contributed by atoms with E-state index in [-0.39, 0.29) is 23.7 Å². The van der Waals surface area contributed by atoms with Crippen LogP contribution in [-0.4, -0.2) is 65.8 Å². The fraction of sp³-hybridized carbons (Fsp3) is 0.517. The van der Waals surface area contributed by atoms with E-state index < -0.39 is 0 Å². The first-order chi connectivity index (χ1) is 17.0. The van der Waals surface area contributed by atoms with Gasteiger partial charge in [-0.3, -0.25) is 9.59 Å². The highest BCUT2D eigenvalue weighted by molar-refractivity contribution is 6.30. The first-order valence-corrected chi connectivity index (χ1v) is 13.4. The highest BCUT2D eigenvalue weighted by atomic mass is 35.5. The molecular formula is C29H37Cl2N3O2. The lowest BCUT2D eigenvalue weighted by molar-refractivity contribution is -0.139. The van der Waals surface area contributed by atoms with Crippen LogP contribution in [0.5, 0.6) is 0 Å².